The minimum absolute atomic E-state index is 0.0575. The summed E-state index contributed by atoms with van der Waals surface area (Å²) in [5.41, 5.74) is 6.64. The second kappa shape index (κ2) is 12.1. The molecule has 1 N–H and O–H groups in total. The van der Waals surface area contributed by atoms with E-state index in [0.29, 0.717) is 17.6 Å². The summed E-state index contributed by atoms with van der Waals surface area (Å²) in [5.74, 6) is 1.62. The molecule has 3 atom stereocenters. The number of nitrogens with zero attached hydrogens (tertiary/aromatic N) is 2. The summed E-state index contributed by atoms with van der Waals surface area (Å²) in [6.07, 6.45) is 7.60. The molecule has 0 spiro atoms. The Morgan fingerprint density at radius 1 is 0.875 bits per heavy atom. The summed E-state index contributed by atoms with van der Waals surface area (Å²) in [6, 6.07) is 26.1. The maximum absolute atomic E-state index is 12.3. The molecule has 2 heterocycles. The number of piperidine rings is 2. The van der Waals surface area contributed by atoms with E-state index in [-0.39, 0.29) is 17.9 Å². The minimum atomic E-state index is -0.0656. The van der Waals surface area contributed by atoms with Gasteiger partial charge in [0.15, 0.2) is 0 Å². The number of benzene rings is 3. The molecule has 3 aromatic rings. The van der Waals surface area contributed by atoms with Gasteiger partial charge in [0.25, 0.3) is 0 Å². The quantitative estimate of drug-likeness (QED) is 0.363. The van der Waals surface area contributed by atoms with E-state index in [1.54, 1.807) is 0 Å². The Hall–Kier alpha value is -3.31. The SMILES string of the molecule is COC(=O)[C@H]1CCCCN1CC1CCN(c2ccc([C@@H]3c4ccc(O)cc4CC[C@@H]3c3ccccc3)cc2)CC1. The molecule has 40 heavy (non-hydrogen) atoms. The largest absolute Gasteiger partial charge is 0.508 e. The second-order valence-electron chi connectivity index (χ2n) is 12.0. The normalized spacial score (nSPS) is 23.9. The monoisotopic (exact) mass is 538 g/mol. The summed E-state index contributed by atoms with van der Waals surface area (Å²) in [5, 5.41) is 10.1. The summed E-state index contributed by atoms with van der Waals surface area (Å²) < 4.78 is 5.09. The number of hydrogen-bond donors (Lipinski definition) is 1. The smallest absolute Gasteiger partial charge is 0.323 e. The van der Waals surface area contributed by atoms with Gasteiger partial charge in [0.05, 0.1) is 7.11 Å². The van der Waals surface area contributed by atoms with E-state index >= 15 is 0 Å². The lowest BCUT2D eigenvalue weighted by Crippen LogP contribution is -2.48. The predicted octanol–water partition coefficient (Wildman–Crippen LogP) is 6.50. The fraction of sp³-hybridized carbons (Fsp3) is 0.457. The second-order valence-corrected chi connectivity index (χ2v) is 12.0. The fourth-order valence-corrected chi connectivity index (χ4v) is 7.49. The van der Waals surface area contributed by atoms with Gasteiger partial charge in [-0.05, 0) is 103 Å². The van der Waals surface area contributed by atoms with Gasteiger partial charge in [-0.25, -0.2) is 0 Å². The molecule has 3 aromatic carbocycles. The first-order chi connectivity index (χ1) is 19.6. The molecule has 0 unspecified atom stereocenters. The molecule has 1 aliphatic carbocycles. The molecule has 5 nitrogen and oxygen atoms in total. The van der Waals surface area contributed by atoms with E-state index in [4.69, 9.17) is 4.74 Å². The molecule has 210 valence electrons. The molecule has 6 rings (SSSR count). The lowest BCUT2D eigenvalue weighted by Gasteiger charge is -2.39. The van der Waals surface area contributed by atoms with Crippen LogP contribution < -0.4 is 4.90 Å². The highest BCUT2D eigenvalue weighted by atomic mass is 16.5. The van der Waals surface area contributed by atoms with Gasteiger partial charge in [0, 0.05) is 31.2 Å². The maximum Gasteiger partial charge on any atom is 0.323 e. The van der Waals surface area contributed by atoms with E-state index in [0.717, 1.165) is 64.7 Å². The predicted molar refractivity (Wildman–Crippen MR) is 160 cm³/mol. The number of likely N-dealkylation sites (tertiary alicyclic amines) is 1. The average molecular weight is 539 g/mol. The number of aromatic hydroxyl groups is 1. The topological polar surface area (TPSA) is 53.0 Å². The summed E-state index contributed by atoms with van der Waals surface area (Å²) in [7, 11) is 1.51. The Morgan fingerprint density at radius 3 is 2.40 bits per heavy atom. The molecular weight excluding hydrogens is 496 g/mol. The van der Waals surface area contributed by atoms with Crippen LogP contribution in [0.5, 0.6) is 5.75 Å². The third-order valence-corrected chi connectivity index (χ3v) is 9.63. The van der Waals surface area contributed by atoms with Gasteiger partial charge in [-0.1, -0.05) is 55.0 Å². The first kappa shape index (κ1) is 26.9. The third-order valence-electron chi connectivity index (χ3n) is 9.63. The molecular formula is C35H42N2O3. The highest BCUT2D eigenvalue weighted by Gasteiger charge is 2.33. The molecule has 2 fully saturated rings. The van der Waals surface area contributed by atoms with Crippen LogP contribution in [0.2, 0.25) is 0 Å². The zero-order valence-electron chi connectivity index (χ0n) is 23.7. The average Bonchev–Trinajstić information content (AvgIpc) is 3.01. The van der Waals surface area contributed by atoms with Crippen LogP contribution in [0.3, 0.4) is 0 Å². The number of phenolic OH excluding ortho intramolecular Hbond substituents is 1. The van der Waals surface area contributed by atoms with Crippen molar-refractivity contribution in [2.75, 3.05) is 38.2 Å². The Kier molecular flexibility index (Phi) is 8.10. The van der Waals surface area contributed by atoms with Crippen LogP contribution >= 0.6 is 0 Å². The number of carbonyl (C=O) groups excluding carboxylic acids is 1. The number of anilines is 1. The highest BCUT2D eigenvalue weighted by molar-refractivity contribution is 5.75. The van der Waals surface area contributed by atoms with Crippen LogP contribution in [0.4, 0.5) is 5.69 Å². The van der Waals surface area contributed by atoms with Crippen molar-refractivity contribution in [1.29, 1.82) is 0 Å². The van der Waals surface area contributed by atoms with Crippen molar-refractivity contribution in [1.82, 2.24) is 4.90 Å². The molecule has 2 aliphatic heterocycles. The summed E-state index contributed by atoms with van der Waals surface area (Å²) >= 11 is 0. The van der Waals surface area contributed by atoms with E-state index in [1.807, 2.05) is 12.1 Å². The van der Waals surface area contributed by atoms with E-state index in [2.05, 4.69) is 70.5 Å². The van der Waals surface area contributed by atoms with Gasteiger partial charge in [-0.15, -0.1) is 0 Å². The molecule has 0 saturated carbocycles. The zero-order valence-corrected chi connectivity index (χ0v) is 23.7. The van der Waals surface area contributed by atoms with E-state index in [1.165, 1.54) is 41.5 Å². The van der Waals surface area contributed by atoms with Crippen molar-refractivity contribution in [2.45, 2.75) is 62.8 Å². The van der Waals surface area contributed by atoms with Crippen molar-refractivity contribution in [3.63, 3.8) is 0 Å². The number of esters is 1. The van der Waals surface area contributed by atoms with Crippen molar-refractivity contribution in [3.05, 3.63) is 95.1 Å². The maximum atomic E-state index is 12.3. The standard InChI is InChI=1S/C35H42N2O3/c1-40-35(39)33-9-5-6-20-37(33)24-25-18-21-36(22-19-25)29-13-10-27(11-14-29)34-31(26-7-3-2-4-8-26)16-12-28-23-30(38)15-17-32(28)34/h2-4,7-8,10-11,13-15,17,23,25,31,33-34,38H,5-6,9,12,16,18-22,24H2,1H3/t31-,33-,34+/m1/s1. The lowest BCUT2D eigenvalue weighted by molar-refractivity contribution is -0.148. The van der Waals surface area contributed by atoms with Crippen LogP contribution in [0.1, 0.15) is 72.6 Å². The fourth-order valence-electron chi connectivity index (χ4n) is 7.49. The van der Waals surface area contributed by atoms with Gasteiger partial charge in [0.1, 0.15) is 11.8 Å². The van der Waals surface area contributed by atoms with Gasteiger partial charge in [-0.2, -0.15) is 0 Å². The minimum Gasteiger partial charge on any atom is -0.508 e. The number of hydrogen-bond acceptors (Lipinski definition) is 5. The van der Waals surface area contributed by atoms with Gasteiger partial charge >= 0.3 is 5.97 Å². The molecule has 5 heteroatoms. The number of rotatable bonds is 6. The van der Waals surface area contributed by atoms with Crippen LogP contribution in [0.15, 0.2) is 72.8 Å². The number of fused-ring (bicyclic) bond motifs is 1. The Bertz CT molecular complexity index is 1280. The molecule has 3 aliphatic rings. The van der Waals surface area contributed by atoms with Gasteiger partial charge < -0.3 is 14.7 Å². The van der Waals surface area contributed by atoms with Gasteiger partial charge in [0.2, 0.25) is 0 Å². The molecule has 0 aromatic heterocycles. The van der Waals surface area contributed by atoms with Crippen LogP contribution in [-0.4, -0.2) is 55.3 Å². The molecule has 2 saturated heterocycles. The van der Waals surface area contributed by atoms with Crippen LogP contribution in [0.25, 0.3) is 0 Å². The Balaban J connectivity index is 1.15. The van der Waals surface area contributed by atoms with Crippen molar-refractivity contribution in [2.24, 2.45) is 5.92 Å². The molecule has 0 radical (unpaired) electrons. The van der Waals surface area contributed by atoms with Crippen molar-refractivity contribution in [3.8, 4) is 5.75 Å². The van der Waals surface area contributed by atoms with Crippen molar-refractivity contribution < 1.29 is 14.6 Å². The highest BCUT2D eigenvalue weighted by Crippen LogP contribution is 2.47. The summed E-state index contributed by atoms with van der Waals surface area (Å²) in [4.78, 5) is 17.2. The number of phenols is 1. The first-order valence-corrected chi connectivity index (χ1v) is 15.1. The number of carbonyl (C=O) groups is 1. The molecule has 0 amide bonds. The number of aryl methyl sites for hydroxylation is 1. The first-order valence-electron chi connectivity index (χ1n) is 15.1. The number of ether oxygens (including phenoxy) is 1. The Morgan fingerprint density at radius 2 is 1.65 bits per heavy atom. The number of methoxy groups -OCH3 is 1. The third kappa shape index (κ3) is 5.62. The van der Waals surface area contributed by atoms with E-state index in [9.17, 15) is 9.90 Å². The zero-order chi connectivity index (χ0) is 27.5. The lowest BCUT2D eigenvalue weighted by atomic mass is 9.69. The van der Waals surface area contributed by atoms with E-state index < -0.39 is 0 Å². The molecule has 0 bridgehead atoms. The van der Waals surface area contributed by atoms with Crippen LogP contribution in [-0.2, 0) is 16.0 Å². The van der Waals surface area contributed by atoms with Crippen LogP contribution in [0, 0.1) is 5.92 Å². The van der Waals surface area contributed by atoms with Crippen molar-refractivity contribution >= 4 is 11.7 Å². The van der Waals surface area contributed by atoms with Gasteiger partial charge in [-0.3, -0.25) is 9.69 Å². The Labute approximate surface area is 238 Å². The summed E-state index contributed by atoms with van der Waals surface area (Å²) in [6.45, 7) is 4.12.